The second kappa shape index (κ2) is 6.06. The van der Waals surface area contributed by atoms with Gasteiger partial charge in [0.05, 0.1) is 24.5 Å². The molecule has 0 aromatic rings. The second-order valence-corrected chi connectivity index (χ2v) is 9.00. The first-order valence-corrected chi connectivity index (χ1v) is 10.2. The van der Waals surface area contributed by atoms with Crippen molar-refractivity contribution in [1.82, 2.24) is 9.80 Å². The van der Waals surface area contributed by atoms with Gasteiger partial charge >= 0.3 is 0 Å². The molecule has 4 aliphatic rings. The van der Waals surface area contributed by atoms with E-state index >= 15 is 0 Å². The van der Waals surface area contributed by atoms with Crippen LogP contribution < -0.4 is 0 Å². The first-order valence-electron chi connectivity index (χ1n) is 9.04. The number of nitrogens with zero attached hydrogens (tertiary/aromatic N) is 2. The van der Waals surface area contributed by atoms with Gasteiger partial charge in [0.15, 0.2) is 0 Å². The predicted octanol–water partition coefficient (Wildman–Crippen LogP) is 1.39. The lowest BCUT2D eigenvalue weighted by Crippen LogP contribution is -2.48. The van der Waals surface area contributed by atoms with Crippen LogP contribution >= 0.6 is 11.8 Å². The first kappa shape index (κ1) is 16.5. The lowest BCUT2D eigenvalue weighted by atomic mass is 9.76. The Labute approximate surface area is 147 Å². The molecule has 0 radical (unpaired) electrons. The monoisotopic (exact) mass is 350 g/mol. The number of hydrogen-bond donors (Lipinski definition) is 0. The minimum atomic E-state index is -0.552. The molecule has 3 fully saturated rings. The summed E-state index contributed by atoms with van der Waals surface area (Å²) < 4.78 is 6.19. The Morgan fingerprint density at radius 3 is 2.88 bits per heavy atom. The van der Waals surface area contributed by atoms with Gasteiger partial charge in [-0.3, -0.25) is 9.59 Å². The van der Waals surface area contributed by atoms with Crippen molar-refractivity contribution in [3.05, 3.63) is 12.2 Å². The maximum absolute atomic E-state index is 13.1. The van der Waals surface area contributed by atoms with Gasteiger partial charge in [-0.15, -0.1) is 0 Å². The Kier molecular flexibility index (Phi) is 4.15. The summed E-state index contributed by atoms with van der Waals surface area (Å²) >= 11 is 1.89. The molecule has 1 spiro atoms. The number of rotatable bonds is 4. The third-order valence-corrected chi connectivity index (χ3v) is 6.71. The van der Waals surface area contributed by atoms with E-state index in [-0.39, 0.29) is 29.8 Å². The molecule has 132 valence electrons. The lowest BCUT2D eigenvalue weighted by Gasteiger charge is -2.32. The highest BCUT2D eigenvalue weighted by Gasteiger charge is 2.67. The molecule has 3 saturated heterocycles. The van der Waals surface area contributed by atoms with Gasteiger partial charge in [-0.05, 0) is 12.3 Å². The molecular formula is C18H26N2O3S. The summed E-state index contributed by atoms with van der Waals surface area (Å²) in [6, 6.07) is 0. The summed E-state index contributed by atoms with van der Waals surface area (Å²) in [5.41, 5.74) is -0.552. The molecule has 24 heavy (non-hydrogen) atoms. The van der Waals surface area contributed by atoms with Gasteiger partial charge in [0.1, 0.15) is 5.60 Å². The summed E-state index contributed by atoms with van der Waals surface area (Å²) in [5.74, 6) is 2.14. The number of hydrogen-bond acceptors (Lipinski definition) is 4. The number of carbonyl (C=O) groups excluding carboxylic acids is 2. The van der Waals surface area contributed by atoms with E-state index in [0.717, 1.165) is 37.6 Å². The zero-order valence-electron chi connectivity index (χ0n) is 14.4. The molecule has 6 heteroatoms. The molecule has 4 aliphatic heterocycles. The van der Waals surface area contributed by atoms with Gasteiger partial charge < -0.3 is 14.5 Å². The molecule has 2 unspecified atom stereocenters. The molecular weight excluding hydrogens is 324 g/mol. The fourth-order valence-electron chi connectivity index (χ4n) is 4.46. The highest BCUT2D eigenvalue weighted by atomic mass is 32.2. The van der Waals surface area contributed by atoms with Crippen LogP contribution in [0.15, 0.2) is 12.2 Å². The van der Waals surface area contributed by atoms with Gasteiger partial charge in [-0.1, -0.05) is 26.0 Å². The van der Waals surface area contributed by atoms with E-state index in [4.69, 9.17) is 4.74 Å². The van der Waals surface area contributed by atoms with E-state index in [1.165, 1.54) is 0 Å². The molecule has 2 bridgehead atoms. The Morgan fingerprint density at radius 1 is 1.42 bits per heavy atom. The Hall–Kier alpha value is -1.01. The van der Waals surface area contributed by atoms with Crippen molar-refractivity contribution >= 4 is 23.6 Å². The highest BCUT2D eigenvalue weighted by molar-refractivity contribution is 7.99. The average molecular weight is 350 g/mol. The largest absolute Gasteiger partial charge is 0.360 e. The first-order chi connectivity index (χ1) is 11.5. The minimum Gasteiger partial charge on any atom is -0.360 e. The molecule has 2 amide bonds. The van der Waals surface area contributed by atoms with E-state index in [9.17, 15) is 9.59 Å². The maximum Gasteiger partial charge on any atom is 0.230 e. The molecule has 0 N–H and O–H groups in total. The molecule has 0 aliphatic carbocycles. The van der Waals surface area contributed by atoms with Crippen LogP contribution in [0.25, 0.3) is 0 Å². The Morgan fingerprint density at radius 2 is 2.17 bits per heavy atom. The van der Waals surface area contributed by atoms with E-state index in [1.54, 1.807) is 0 Å². The summed E-state index contributed by atoms with van der Waals surface area (Å²) in [6.07, 6.45) is 4.83. The van der Waals surface area contributed by atoms with Gasteiger partial charge in [0, 0.05) is 31.1 Å². The normalized spacial score (nSPS) is 37.6. The van der Waals surface area contributed by atoms with Crippen LogP contribution in [0.2, 0.25) is 0 Å². The summed E-state index contributed by atoms with van der Waals surface area (Å²) in [4.78, 5) is 30.0. The standard InChI is InChI=1S/C18H26N2O3S/c1-12(2)4-6-20-11-18-5-3-13(23-18)14(15(18)17(20)22)16(21)19-7-9-24-10-8-19/h3,5,12-15H,4,6-11H2,1-2H3/t13-,14?,15?,18-/m0/s1. The van der Waals surface area contributed by atoms with Crippen LogP contribution in [0.4, 0.5) is 0 Å². The summed E-state index contributed by atoms with van der Waals surface area (Å²) in [5, 5.41) is 0. The number of carbonyl (C=O) groups is 2. The van der Waals surface area contributed by atoms with Crippen LogP contribution in [0.1, 0.15) is 20.3 Å². The van der Waals surface area contributed by atoms with Crippen LogP contribution in [-0.4, -0.2) is 71.0 Å². The molecule has 4 heterocycles. The van der Waals surface area contributed by atoms with Gasteiger partial charge in [-0.25, -0.2) is 0 Å². The number of ether oxygens (including phenoxy) is 1. The third kappa shape index (κ3) is 2.49. The smallest absolute Gasteiger partial charge is 0.230 e. The zero-order chi connectivity index (χ0) is 16.9. The van der Waals surface area contributed by atoms with Gasteiger partial charge in [-0.2, -0.15) is 11.8 Å². The number of thioether (sulfide) groups is 1. The number of amides is 2. The van der Waals surface area contributed by atoms with Crippen LogP contribution in [-0.2, 0) is 14.3 Å². The Bertz CT molecular complexity index is 573. The second-order valence-electron chi connectivity index (χ2n) is 7.78. The van der Waals surface area contributed by atoms with Gasteiger partial charge in [0.25, 0.3) is 0 Å². The van der Waals surface area contributed by atoms with E-state index in [2.05, 4.69) is 13.8 Å². The van der Waals surface area contributed by atoms with Crippen LogP contribution in [0.5, 0.6) is 0 Å². The van der Waals surface area contributed by atoms with Crippen molar-refractivity contribution in [3.63, 3.8) is 0 Å². The molecule has 4 rings (SSSR count). The molecule has 4 atom stereocenters. The lowest BCUT2D eigenvalue weighted by molar-refractivity contribution is -0.143. The molecule has 5 nitrogen and oxygen atoms in total. The Balaban J connectivity index is 1.54. The summed E-state index contributed by atoms with van der Waals surface area (Å²) in [6.45, 7) is 7.29. The highest BCUT2D eigenvalue weighted by Crippen LogP contribution is 2.52. The average Bonchev–Trinajstić information content (AvgIpc) is 3.21. The SMILES string of the molecule is CC(C)CCN1C[C@]23C=C[C@H](O2)C(C(=O)N2CCSCC2)C3C1=O. The topological polar surface area (TPSA) is 49.9 Å². The van der Waals surface area contributed by atoms with E-state index in [1.807, 2.05) is 33.7 Å². The van der Waals surface area contributed by atoms with Crippen molar-refractivity contribution in [2.45, 2.75) is 32.0 Å². The molecule has 0 aromatic heterocycles. The van der Waals surface area contributed by atoms with Crippen molar-refractivity contribution in [3.8, 4) is 0 Å². The molecule has 0 saturated carbocycles. The minimum absolute atomic E-state index is 0.118. The number of fused-ring (bicyclic) bond motifs is 1. The van der Waals surface area contributed by atoms with E-state index < -0.39 is 5.60 Å². The van der Waals surface area contributed by atoms with Crippen LogP contribution in [0.3, 0.4) is 0 Å². The zero-order valence-corrected chi connectivity index (χ0v) is 15.3. The maximum atomic E-state index is 13.1. The number of likely N-dealkylation sites (tertiary alicyclic amines) is 1. The van der Waals surface area contributed by atoms with Gasteiger partial charge in [0.2, 0.25) is 11.8 Å². The van der Waals surface area contributed by atoms with Crippen molar-refractivity contribution in [2.75, 3.05) is 37.7 Å². The van der Waals surface area contributed by atoms with Crippen LogP contribution in [0, 0.1) is 17.8 Å². The fourth-order valence-corrected chi connectivity index (χ4v) is 5.36. The quantitative estimate of drug-likeness (QED) is 0.719. The fraction of sp³-hybridized carbons (Fsp3) is 0.778. The van der Waals surface area contributed by atoms with E-state index in [0.29, 0.717) is 12.5 Å². The third-order valence-electron chi connectivity index (χ3n) is 5.76. The summed E-state index contributed by atoms with van der Waals surface area (Å²) in [7, 11) is 0. The van der Waals surface area contributed by atoms with Crippen molar-refractivity contribution in [1.29, 1.82) is 0 Å². The predicted molar refractivity (Wildman–Crippen MR) is 93.7 cm³/mol. The molecule has 0 aromatic carbocycles. The van der Waals surface area contributed by atoms with Crippen molar-refractivity contribution < 1.29 is 14.3 Å². The van der Waals surface area contributed by atoms with Crippen molar-refractivity contribution in [2.24, 2.45) is 17.8 Å².